The number of hydrogen-bond donors (Lipinski definition) is 2. The molecule has 2 N–H and O–H groups in total. The molecule has 0 heterocycles. The quantitative estimate of drug-likeness (QED) is 0.771. The van der Waals surface area contributed by atoms with Crippen LogP contribution in [0.15, 0.2) is 0 Å². The summed E-state index contributed by atoms with van der Waals surface area (Å²) < 4.78 is 0. The minimum absolute atomic E-state index is 0.0769. The van der Waals surface area contributed by atoms with Crippen molar-refractivity contribution in [3.8, 4) is 0 Å². The summed E-state index contributed by atoms with van der Waals surface area (Å²) in [6.07, 6.45) is 10.3. The normalized spacial score (nSPS) is 40.1. The summed E-state index contributed by atoms with van der Waals surface area (Å²) in [5.41, 5.74) is 0. The molecule has 2 fully saturated rings. The molecular formula is C14H27NO. The van der Waals surface area contributed by atoms with E-state index in [4.69, 9.17) is 0 Å². The third-order valence-corrected chi connectivity index (χ3v) is 4.69. The van der Waals surface area contributed by atoms with Crippen LogP contribution in [0.2, 0.25) is 0 Å². The Morgan fingerprint density at radius 1 is 1.00 bits per heavy atom. The molecular weight excluding hydrogens is 198 g/mol. The first kappa shape index (κ1) is 12.4. The van der Waals surface area contributed by atoms with E-state index in [2.05, 4.69) is 12.2 Å². The van der Waals surface area contributed by atoms with Gasteiger partial charge in [0.15, 0.2) is 0 Å². The number of nitrogens with one attached hydrogen (secondary N) is 1. The van der Waals surface area contributed by atoms with Crippen molar-refractivity contribution in [3.63, 3.8) is 0 Å². The summed E-state index contributed by atoms with van der Waals surface area (Å²) in [5, 5.41) is 13.3. The summed E-state index contributed by atoms with van der Waals surface area (Å²) in [4.78, 5) is 0. The van der Waals surface area contributed by atoms with Gasteiger partial charge in [-0.1, -0.05) is 26.2 Å². The molecule has 0 aromatic heterocycles. The van der Waals surface area contributed by atoms with Gasteiger partial charge in [0.1, 0.15) is 0 Å². The molecule has 2 unspecified atom stereocenters. The van der Waals surface area contributed by atoms with Crippen molar-refractivity contribution in [2.75, 3.05) is 6.54 Å². The van der Waals surface area contributed by atoms with Crippen LogP contribution in [-0.2, 0) is 0 Å². The maximum absolute atomic E-state index is 9.74. The highest BCUT2D eigenvalue weighted by molar-refractivity contribution is 4.84. The van der Waals surface area contributed by atoms with E-state index in [-0.39, 0.29) is 6.10 Å². The second-order valence-electron chi connectivity index (χ2n) is 5.81. The first-order chi connectivity index (χ1) is 7.79. The lowest BCUT2D eigenvalue weighted by atomic mass is 9.81. The van der Waals surface area contributed by atoms with E-state index in [9.17, 15) is 5.11 Å². The monoisotopic (exact) mass is 225 g/mol. The number of aliphatic hydroxyl groups excluding tert-OH is 1. The summed E-state index contributed by atoms with van der Waals surface area (Å²) in [6, 6.07) is 0.392. The van der Waals surface area contributed by atoms with Crippen molar-refractivity contribution in [2.45, 2.75) is 70.4 Å². The van der Waals surface area contributed by atoms with Gasteiger partial charge in [-0.15, -0.1) is 0 Å². The zero-order valence-corrected chi connectivity index (χ0v) is 10.6. The molecule has 94 valence electrons. The minimum atomic E-state index is -0.0769. The standard InChI is InChI=1S/C14H27NO/c1-2-11-6-8-12(9-7-11)10-15-13-4-3-5-14(13)16/h11-16H,2-10H2,1H3. The zero-order chi connectivity index (χ0) is 11.4. The highest BCUT2D eigenvalue weighted by atomic mass is 16.3. The highest BCUT2D eigenvalue weighted by Gasteiger charge is 2.26. The molecule has 2 aliphatic carbocycles. The van der Waals surface area contributed by atoms with Crippen molar-refractivity contribution >= 4 is 0 Å². The Bertz CT molecular complexity index is 199. The smallest absolute Gasteiger partial charge is 0.0693 e. The molecule has 0 aliphatic heterocycles. The zero-order valence-electron chi connectivity index (χ0n) is 10.6. The fourth-order valence-corrected chi connectivity index (χ4v) is 3.34. The first-order valence-electron chi connectivity index (χ1n) is 7.21. The van der Waals surface area contributed by atoms with Gasteiger partial charge in [-0.25, -0.2) is 0 Å². The molecule has 2 atom stereocenters. The molecule has 16 heavy (non-hydrogen) atoms. The minimum Gasteiger partial charge on any atom is -0.392 e. The van der Waals surface area contributed by atoms with Crippen molar-refractivity contribution < 1.29 is 5.11 Å². The predicted molar refractivity (Wildman–Crippen MR) is 67.4 cm³/mol. The van der Waals surface area contributed by atoms with Gasteiger partial charge in [0.25, 0.3) is 0 Å². The third-order valence-electron chi connectivity index (χ3n) is 4.69. The third kappa shape index (κ3) is 3.21. The Labute approximate surface area is 99.8 Å². The fourth-order valence-electron chi connectivity index (χ4n) is 3.34. The predicted octanol–water partition coefficient (Wildman–Crippen LogP) is 2.71. The van der Waals surface area contributed by atoms with Crippen molar-refractivity contribution in [1.29, 1.82) is 0 Å². The van der Waals surface area contributed by atoms with Crippen LogP contribution in [0.4, 0.5) is 0 Å². The van der Waals surface area contributed by atoms with Crippen LogP contribution in [0, 0.1) is 11.8 Å². The Balaban J connectivity index is 1.63. The number of aliphatic hydroxyl groups is 1. The van der Waals surface area contributed by atoms with Crippen LogP contribution >= 0.6 is 0 Å². The summed E-state index contributed by atoms with van der Waals surface area (Å²) in [6.45, 7) is 3.45. The molecule has 0 radical (unpaired) electrons. The molecule has 2 rings (SSSR count). The van der Waals surface area contributed by atoms with Gasteiger partial charge in [-0.3, -0.25) is 0 Å². The van der Waals surface area contributed by atoms with Crippen LogP contribution < -0.4 is 5.32 Å². The van der Waals surface area contributed by atoms with E-state index in [1.54, 1.807) is 0 Å². The lowest BCUT2D eigenvalue weighted by Gasteiger charge is -2.29. The molecule has 2 nitrogen and oxygen atoms in total. The molecule has 2 aliphatic rings. The van der Waals surface area contributed by atoms with E-state index < -0.39 is 0 Å². The van der Waals surface area contributed by atoms with Crippen LogP contribution in [0.25, 0.3) is 0 Å². The van der Waals surface area contributed by atoms with E-state index in [0.717, 1.165) is 24.8 Å². The summed E-state index contributed by atoms with van der Waals surface area (Å²) in [5.74, 6) is 1.86. The summed E-state index contributed by atoms with van der Waals surface area (Å²) >= 11 is 0. The Kier molecular flexibility index (Phi) is 4.66. The van der Waals surface area contributed by atoms with Crippen molar-refractivity contribution in [3.05, 3.63) is 0 Å². The average molecular weight is 225 g/mol. The molecule has 2 heteroatoms. The molecule has 0 saturated heterocycles. The lowest BCUT2D eigenvalue weighted by molar-refractivity contribution is 0.143. The Morgan fingerprint density at radius 3 is 2.25 bits per heavy atom. The molecule has 0 aromatic carbocycles. The van der Waals surface area contributed by atoms with E-state index in [1.165, 1.54) is 44.9 Å². The summed E-state index contributed by atoms with van der Waals surface area (Å²) in [7, 11) is 0. The second-order valence-corrected chi connectivity index (χ2v) is 5.81. The largest absolute Gasteiger partial charge is 0.392 e. The van der Waals surface area contributed by atoms with Gasteiger partial charge >= 0.3 is 0 Å². The number of hydrogen-bond acceptors (Lipinski definition) is 2. The highest BCUT2D eigenvalue weighted by Crippen LogP contribution is 2.30. The van der Waals surface area contributed by atoms with E-state index in [0.29, 0.717) is 6.04 Å². The maximum Gasteiger partial charge on any atom is 0.0693 e. The molecule has 2 saturated carbocycles. The van der Waals surface area contributed by atoms with Gasteiger partial charge in [0.2, 0.25) is 0 Å². The van der Waals surface area contributed by atoms with E-state index in [1.807, 2.05) is 0 Å². The van der Waals surface area contributed by atoms with Gasteiger partial charge in [0, 0.05) is 6.04 Å². The topological polar surface area (TPSA) is 32.3 Å². The van der Waals surface area contributed by atoms with E-state index >= 15 is 0 Å². The van der Waals surface area contributed by atoms with Gasteiger partial charge < -0.3 is 10.4 Å². The van der Waals surface area contributed by atoms with Crippen LogP contribution in [0.1, 0.15) is 58.3 Å². The van der Waals surface area contributed by atoms with Crippen LogP contribution in [-0.4, -0.2) is 23.8 Å². The Morgan fingerprint density at radius 2 is 1.69 bits per heavy atom. The molecule has 0 aromatic rings. The van der Waals surface area contributed by atoms with Gasteiger partial charge in [-0.05, 0) is 50.5 Å². The van der Waals surface area contributed by atoms with Gasteiger partial charge in [0.05, 0.1) is 6.10 Å². The molecule has 0 bridgehead atoms. The SMILES string of the molecule is CCC1CCC(CNC2CCCC2O)CC1. The fraction of sp³-hybridized carbons (Fsp3) is 1.00. The number of rotatable bonds is 4. The van der Waals surface area contributed by atoms with Gasteiger partial charge in [-0.2, -0.15) is 0 Å². The second kappa shape index (κ2) is 6.02. The maximum atomic E-state index is 9.74. The van der Waals surface area contributed by atoms with Crippen molar-refractivity contribution in [1.82, 2.24) is 5.32 Å². The van der Waals surface area contributed by atoms with Crippen LogP contribution in [0.3, 0.4) is 0 Å². The lowest BCUT2D eigenvalue weighted by Crippen LogP contribution is -2.39. The molecule has 0 amide bonds. The molecule has 0 spiro atoms. The van der Waals surface area contributed by atoms with Crippen molar-refractivity contribution in [2.24, 2.45) is 11.8 Å². The first-order valence-corrected chi connectivity index (χ1v) is 7.21. The Hall–Kier alpha value is -0.0800. The average Bonchev–Trinajstić information content (AvgIpc) is 2.73. The van der Waals surface area contributed by atoms with Crippen LogP contribution in [0.5, 0.6) is 0 Å².